The lowest BCUT2D eigenvalue weighted by Gasteiger charge is -2.42. The van der Waals surface area contributed by atoms with Crippen molar-refractivity contribution in [1.82, 2.24) is 0 Å². The lowest BCUT2D eigenvalue weighted by Crippen LogP contribution is -2.64. The van der Waals surface area contributed by atoms with Crippen LogP contribution in [0.2, 0.25) is 18.1 Å². The Bertz CT molecular complexity index is 1410. The van der Waals surface area contributed by atoms with E-state index in [9.17, 15) is 24.0 Å². The monoisotopic (exact) mass is 726 g/mol. The number of methoxy groups -OCH3 is 1. The normalized spacial score (nSPS) is 20.4. The minimum absolute atomic E-state index is 0.0325. The highest BCUT2D eigenvalue weighted by Crippen LogP contribution is 2.38. The maximum absolute atomic E-state index is 13.3. The van der Waals surface area contributed by atoms with Crippen LogP contribution >= 0.6 is 0 Å². The van der Waals surface area contributed by atoms with E-state index >= 15 is 0 Å². The van der Waals surface area contributed by atoms with Gasteiger partial charge in [-0.25, -0.2) is 9.59 Å². The van der Waals surface area contributed by atoms with Gasteiger partial charge in [-0.2, -0.15) is 0 Å². The molecule has 50 heavy (non-hydrogen) atoms. The summed E-state index contributed by atoms with van der Waals surface area (Å²) in [5, 5.41) is 5.90. The van der Waals surface area contributed by atoms with Crippen molar-refractivity contribution < 1.29 is 66.3 Å². The number of anilines is 1. The molecule has 278 valence electrons. The zero-order chi connectivity index (χ0) is 37.6. The summed E-state index contributed by atoms with van der Waals surface area (Å²) in [4.78, 5) is 64.7. The molecule has 0 bridgehead atoms. The van der Waals surface area contributed by atoms with E-state index in [0.29, 0.717) is 0 Å². The molecule has 18 nitrogen and oxygen atoms in total. The van der Waals surface area contributed by atoms with Gasteiger partial charge in [-0.3, -0.25) is 19.7 Å². The summed E-state index contributed by atoms with van der Waals surface area (Å²) in [6, 6.07) is 4.96. The first-order valence-corrected chi connectivity index (χ1v) is 18.5. The highest BCUT2D eigenvalue weighted by atomic mass is 28.4. The second-order valence-electron chi connectivity index (χ2n) is 12.5. The number of rotatable bonds is 16. The number of benzene rings is 1. The number of nitrogens with one attached hydrogen (secondary N) is 1. The third-order valence-corrected chi connectivity index (χ3v) is 12.1. The maximum Gasteiger partial charge on any atom is 0.414 e. The lowest BCUT2D eigenvalue weighted by molar-refractivity contribution is -0.287. The van der Waals surface area contributed by atoms with Crippen molar-refractivity contribution in [2.75, 3.05) is 38.8 Å². The Morgan fingerprint density at radius 3 is 2.12 bits per heavy atom. The largest absolute Gasteiger partial charge is 0.489 e. The quantitative estimate of drug-likeness (QED) is 0.0480. The van der Waals surface area contributed by atoms with Gasteiger partial charge in [0.25, 0.3) is 0 Å². The first-order chi connectivity index (χ1) is 23.4. The molecule has 1 aromatic rings. The zero-order valence-electron chi connectivity index (χ0n) is 29.7. The molecule has 5 unspecified atom stereocenters. The van der Waals surface area contributed by atoms with E-state index < -0.39 is 69.0 Å². The van der Waals surface area contributed by atoms with E-state index in [4.69, 9.17) is 47.9 Å². The van der Waals surface area contributed by atoms with Crippen LogP contribution in [0.4, 0.5) is 10.5 Å². The van der Waals surface area contributed by atoms with Crippen molar-refractivity contribution >= 4 is 44.0 Å². The Hall–Kier alpha value is -4.42. The number of carbonyl (C=O) groups is 5. The number of esters is 4. The fraction of sp³-hybridized carbons (Fsp3) is 0.645. The molecule has 19 heteroatoms. The van der Waals surface area contributed by atoms with Gasteiger partial charge in [0.2, 0.25) is 12.4 Å². The Morgan fingerprint density at radius 2 is 1.54 bits per heavy atom. The van der Waals surface area contributed by atoms with Crippen LogP contribution in [-0.4, -0.2) is 102 Å². The molecule has 0 saturated carbocycles. The Balaban J connectivity index is 2.38. The molecule has 0 aromatic heterocycles. The van der Waals surface area contributed by atoms with Gasteiger partial charge in [-0.05, 0) is 41.4 Å². The lowest BCUT2D eigenvalue weighted by atomic mass is 9.97. The fourth-order valence-corrected chi connectivity index (χ4v) is 5.20. The molecule has 1 aromatic carbocycles. The summed E-state index contributed by atoms with van der Waals surface area (Å²) >= 11 is 0. The van der Waals surface area contributed by atoms with Gasteiger partial charge in [-0.1, -0.05) is 32.0 Å². The molecular weight excluding hydrogens is 680 g/mol. The van der Waals surface area contributed by atoms with Crippen molar-refractivity contribution in [3.8, 4) is 5.75 Å². The molecule has 1 amide bonds. The zero-order valence-corrected chi connectivity index (χ0v) is 30.7. The molecule has 1 aliphatic heterocycles. The third-order valence-electron chi connectivity index (χ3n) is 7.63. The van der Waals surface area contributed by atoms with Crippen LogP contribution in [0.3, 0.4) is 0 Å². The minimum atomic E-state index is -2.11. The second-order valence-corrected chi connectivity index (χ2v) is 17.3. The van der Waals surface area contributed by atoms with Crippen LogP contribution in [0.25, 0.3) is 10.4 Å². The topological polar surface area (TPSA) is 229 Å². The summed E-state index contributed by atoms with van der Waals surface area (Å²) in [6.07, 6.45) is -9.72. The van der Waals surface area contributed by atoms with Crippen molar-refractivity contribution in [2.45, 2.75) is 97.0 Å². The van der Waals surface area contributed by atoms with E-state index in [-0.39, 0.29) is 49.4 Å². The van der Waals surface area contributed by atoms with E-state index in [2.05, 4.69) is 49.2 Å². The summed E-state index contributed by atoms with van der Waals surface area (Å²) in [6.45, 7) is 14.5. The summed E-state index contributed by atoms with van der Waals surface area (Å²) in [5.41, 5.74) is 9.32. The highest BCUT2D eigenvalue weighted by molar-refractivity contribution is 6.74. The molecule has 1 saturated heterocycles. The molecule has 1 aliphatic rings. The fourth-order valence-electron chi connectivity index (χ4n) is 4.24. The van der Waals surface area contributed by atoms with Crippen LogP contribution in [0.5, 0.6) is 5.75 Å². The number of hydrogen-bond acceptors (Lipinski definition) is 15. The van der Waals surface area contributed by atoms with Crippen LogP contribution < -0.4 is 10.1 Å². The van der Waals surface area contributed by atoms with Gasteiger partial charge in [-0.15, -0.1) is 0 Å². The predicted octanol–water partition coefficient (Wildman–Crippen LogP) is 4.16. The Kier molecular flexibility index (Phi) is 15.9. The van der Waals surface area contributed by atoms with Gasteiger partial charge in [0.15, 0.2) is 26.6 Å². The van der Waals surface area contributed by atoms with Gasteiger partial charge < -0.3 is 42.3 Å². The predicted molar refractivity (Wildman–Crippen MR) is 176 cm³/mol. The van der Waals surface area contributed by atoms with E-state index in [0.717, 1.165) is 33.4 Å². The molecule has 0 aliphatic carbocycles. The molecule has 1 heterocycles. The van der Waals surface area contributed by atoms with Gasteiger partial charge in [0, 0.05) is 32.2 Å². The molecule has 5 atom stereocenters. The first kappa shape index (κ1) is 41.7. The van der Waals surface area contributed by atoms with Crippen LogP contribution in [-0.2, 0) is 63.4 Å². The number of amides is 1. The summed E-state index contributed by atoms with van der Waals surface area (Å²) in [7, 11) is -1.08. The third kappa shape index (κ3) is 12.8. The van der Waals surface area contributed by atoms with Gasteiger partial charge in [0.1, 0.15) is 12.4 Å². The average molecular weight is 727 g/mol. The summed E-state index contributed by atoms with van der Waals surface area (Å²) < 4.78 is 49.4. The van der Waals surface area contributed by atoms with Crippen molar-refractivity contribution in [3.05, 3.63) is 34.2 Å². The van der Waals surface area contributed by atoms with Crippen molar-refractivity contribution in [1.29, 1.82) is 0 Å². The van der Waals surface area contributed by atoms with Crippen LogP contribution in [0.1, 0.15) is 47.1 Å². The minimum Gasteiger partial charge on any atom is -0.489 e. The molecule has 0 radical (unpaired) electrons. The molecule has 1 N–H and O–H groups in total. The molecule has 1 fully saturated rings. The number of ether oxygens (including phenoxy) is 8. The number of hydrogen-bond donors (Lipinski definition) is 1. The standard InChI is InChI=1S/C31H46N4O14Si/c1-18(36)45-24-25(46-19(2)37)27(47-20(3)38)29(48-26(24)28(39)41-7)49-30(40)34-22-11-10-21(17-44-50(8,9)31(4,5)6)16-23(22)43-15-14-42-13-12-33-35-32/h10-11,16,24-27,29H,12-15,17H2,1-9H3,(H,34,40). The molecule has 0 spiro atoms. The van der Waals surface area contributed by atoms with E-state index in [1.54, 1.807) is 18.2 Å². The Morgan fingerprint density at radius 1 is 0.920 bits per heavy atom. The number of azide groups is 1. The van der Waals surface area contributed by atoms with E-state index in [1.807, 2.05) is 0 Å². The number of nitrogens with zero attached hydrogens (tertiary/aromatic N) is 3. The second kappa shape index (κ2) is 19.1. The van der Waals surface area contributed by atoms with Crippen LogP contribution in [0, 0.1) is 0 Å². The number of carbonyl (C=O) groups excluding carboxylic acids is 5. The van der Waals surface area contributed by atoms with Crippen molar-refractivity contribution in [3.63, 3.8) is 0 Å². The van der Waals surface area contributed by atoms with Gasteiger partial charge >= 0.3 is 30.0 Å². The SMILES string of the molecule is COC(=O)C1OC(OC(=O)Nc2ccc(CO[Si](C)(C)C(C)(C)C)cc2OCCOCCN=[N+]=[N-])C(OC(C)=O)C(OC(C)=O)C1OC(C)=O. The highest BCUT2D eigenvalue weighted by Gasteiger charge is 2.56. The van der Waals surface area contributed by atoms with E-state index in [1.165, 1.54) is 0 Å². The molecule has 2 rings (SSSR count). The smallest absolute Gasteiger partial charge is 0.414 e. The molecular formula is C31H46N4O14Si. The van der Waals surface area contributed by atoms with Crippen LogP contribution in [0.15, 0.2) is 23.3 Å². The first-order valence-electron chi connectivity index (χ1n) is 15.6. The van der Waals surface area contributed by atoms with Crippen molar-refractivity contribution in [2.24, 2.45) is 5.11 Å². The average Bonchev–Trinajstić information content (AvgIpc) is 3.01. The summed E-state index contributed by atoms with van der Waals surface area (Å²) in [5.74, 6) is -3.50. The maximum atomic E-state index is 13.3. The Labute approximate surface area is 291 Å². The van der Waals surface area contributed by atoms with Gasteiger partial charge in [0.05, 0.1) is 32.6 Å².